The number of nitrogens with zero attached hydrogens (tertiary/aromatic N) is 2. The van der Waals surface area contributed by atoms with E-state index < -0.39 is 16.0 Å². The molecule has 1 heterocycles. The Labute approximate surface area is 152 Å². The molecule has 1 aliphatic heterocycles. The summed E-state index contributed by atoms with van der Waals surface area (Å²) in [5.74, 6) is -0.927. The van der Waals surface area contributed by atoms with Crippen LogP contribution in [0.3, 0.4) is 0 Å². The number of carbonyl (C=O) groups is 1. The number of benzene rings is 2. The lowest BCUT2D eigenvalue weighted by molar-refractivity contribution is -0.138. The van der Waals surface area contributed by atoms with E-state index in [0.717, 1.165) is 10.8 Å². The van der Waals surface area contributed by atoms with Gasteiger partial charge in [-0.15, -0.1) is 0 Å². The van der Waals surface area contributed by atoms with Crippen LogP contribution in [0.2, 0.25) is 0 Å². The maximum Gasteiger partial charge on any atom is 0.317 e. The number of fused-ring (bicyclic) bond motifs is 1. The van der Waals surface area contributed by atoms with E-state index in [0.29, 0.717) is 13.2 Å². The van der Waals surface area contributed by atoms with Gasteiger partial charge in [0.1, 0.15) is 0 Å². The van der Waals surface area contributed by atoms with Crippen molar-refractivity contribution in [3.8, 4) is 0 Å². The predicted octanol–water partition coefficient (Wildman–Crippen LogP) is 1.25. The Hall–Kier alpha value is -2.00. The van der Waals surface area contributed by atoms with Gasteiger partial charge < -0.3 is 9.84 Å². The first-order valence-electron chi connectivity index (χ1n) is 8.37. The molecular weight excluding hydrogens is 356 g/mol. The summed E-state index contributed by atoms with van der Waals surface area (Å²) in [6.07, 6.45) is -0.358. The molecule has 2 aromatic rings. The monoisotopic (exact) mass is 378 g/mol. The number of hydrogen-bond acceptors (Lipinski definition) is 5. The highest BCUT2D eigenvalue weighted by molar-refractivity contribution is 7.89. The number of aliphatic carboxylic acids is 1. The van der Waals surface area contributed by atoms with Crippen molar-refractivity contribution in [1.29, 1.82) is 0 Å². The number of likely N-dealkylation sites (N-methyl/N-ethyl adjacent to an activating group) is 1. The topological polar surface area (TPSA) is 87.2 Å². The first kappa shape index (κ1) is 18.8. The minimum absolute atomic E-state index is 0.114. The maximum atomic E-state index is 13.0. The van der Waals surface area contributed by atoms with Crippen LogP contribution in [0.5, 0.6) is 0 Å². The van der Waals surface area contributed by atoms with Crippen LogP contribution in [0.4, 0.5) is 0 Å². The smallest absolute Gasteiger partial charge is 0.317 e. The van der Waals surface area contributed by atoms with Crippen LogP contribution >= 0.6 is 0 Å². The molecule has 0 bridgehead atoms. The molecular formula is C18H22N2O5S. The van der Waals surface area contributed by atoms with E-state index in [1.807, 2.05) is 24.3 Å². The predicted molar refractivity (Wildman–Crippen MR) is 97.6 cm³/mol. The van der Waals surface area contributed by atoms with Gasteiger partial charge in [-0.1, -0.05) is 30.3 Å². The van der Waals surface area contributed by atoms with E-state index in [2.05, 4.69) is 0 Å². The molecule has 1 unspecified atom stereocenters. The Balaban J connectivity index is 1.76. The Morgan fingerprint density at radius 1 is 1.27 bits per heavy atom. The van der Waals surface area contributed by atoms with Crippen LogP contribution in [0.1, 0.15) is 0 Å². The molecule has 0 radical (unpaired) electrons. The van der Waals surface area contributed by atoms with Crippen molar-refractivity contribution in [2.75, 3.05) is 39.8 Å². The molecule has 1 atom stereocenters. The van der Waals surface area contributed by atoms with Crippen LogP contribution < -0.4 is 0 Å². The quantitative estimate of drug-likeness (QED) is 0.814. The molecule has 0 amide bonds. The van der Waals surface area contributed by atoms with Gasteiger partial charge in [0.15, 0.2) is 0 Å². The Morgan fingerprint density at radius 2 is 2.00 bits per heavy atom. The van der Waals surface area contributed by atoms with E-state index in [-0.39, 0.29) is 30.6 Å². The van der Waals surface area contributed by atoms with Crippen molar-refractivity contribution in [1.82, 2.24) is 9.21 Å². The highest BCUT2D eigenvalue weighted by atomic mass is 32.2. The summed E-state index contributed by atoms with van der Waals surface area (Å²) >= 11 is 0. The van der Waals surface area contributed by atoms with Gasteiger partial charge in [-0.05, 0) is 30.0 Å². The lowest BCUT2D eigenvalue weighted by Gasteiger charge is -2.33. The highest BCUT2D eigenvalue weighted by Gasteiger charge is 2.31. The van der Waals surface area contributed by atoms with Crippen LogP contribution in [0.25, 0.3) is 10.8 Å². The van der Waals surface area contributed by atoms with Crippen LogP contribution in [-0.2, 0) is 19.6 Å². The summed E-state index contributed by atoms with van der Waals surface area (Å²) in [4.78, 5) is 12.6. The molecule has 0 aromatic heterocycles. The van der Waals surface area contributed by atoms with Crippen molar-refractivity contribution in [3.63, 3.8) is 0 Å². The summed E-state index contributed by atoms with van der Waals surface area (Å²) in [5.41, 5.74) is 0. The summed E-state index contributed by atoms with van der Waals surface area (Å²) in [6.45, 7) is 1.03. The molecule has 1 saturated heterocycles. The maximum absolute atomic E-state index is 13.0. The lowest BCUT2D eigenvalue weighted by atomic mass is 10.1. The summed E-state index contributed by atoms with van der Waals surface area (Å²) in [6, 6.07) is 12.7. The number of carboxylic acid groups (broad SMARTS) is 1. The van der Waals surface area contributed by atoms with Gasteiger partial charge in [-0.3, -0.25) is 9.69 Å². The molecule has 140 valence electrons. The zero-order valence-corrected chi connectivity index (χ0v) is 15.4. The van der Waals surface area contributed by atoms with E-state index >= 15 is 0 Å². The second-order valence-corrected chi connectivity index (χ2v) is 8.39. The van der Waals surface area contributed by atoms with E-state index in [1.165, 1.54) is 4.31 Å². The molecule has 8 heteroatoms. The fourth-order valence-electron chi connectivity index (χ4n) is 3.14. The number of carboxylic acids is 1. The largest absolute Gasteiger partial charge is 0.480 e. The molecule has 1 fully saturated rings. The number of rotatable bonds is 6. The number of morpholine rings is 1. The van der Waals surface area contributed by atoms with Crippen LogP contribution in [-0.4, -0.2) is 74.6 Å². The van der Waals surface area contributed by atoms with Gasteiger partial charge in [0.2, 0.25) is 10.0 Å². The average Bonchev–Trinajstić information content (AvgIpc) is 2.60. The number of sulfonamides is 1. The minimum Gasteiger partial charge on any atom is -0.480 e. The van der Waals surface area contributed by atoms with Crippen LogP contribution in [0, 0.1) is 0 Å². The van der Waals surface area contributed by atoms with E-state index in [1.54, 1.807) is 30.1 Å². The second kappa shape index (κ2) is 7.71. The lowest BCUT2D eigenvalue weighted by Crippen LogP contribution is -2.49. The van der Waals surface area contributed by atoms with Crippen LogP contribution in [0.15, 0.2) is 47.4 Å². The molecule has 2 aromatic carbocycles. The Bertz CT molecular complexity index is 899. The second-order valence-electron chi connectivity index (χ2n) is 6.46. The minimum atomic E-state index is -3.63. The Morgan fingerprint density at radius 3 is 2.73 bits per heavy atom. The van der Waals surface area contributed by atoms with Gasteiger partial charge in [-0.2, -0.15) is 4.31 Å². The molecule has 26 heavy (non-hydrogen) atoms. The summed E-state index contributed by atoms with van der Waals surface area (Å²) < 4.78 is 33.0. The van der Waals surface area contributed by atoms with Crippen molar-refractivity contribution in [3.05, 3.63) is 42.5 Å². The third-order valence-corrected chi connectivity index (χ3v) is 6.24. The Kier molecular flexibility index (Phi) is 5.57. The standard InChI is InChI=1S/C18H22N2O5S/c1-19(13-18(21)22)11-16-12-20(8-9-25-16)26(23,24)17-7-6-14-4-2-3-5-15(14)10-17/h2-7,10,16H,8-9,11-13H2,1H3,(H,21,22). The molecule has 1 N–H and O–H groups in total. The fraction of sp³-hybridized carbons (Fsp3) is 0.389. The third kappa shape index (κ3) is 4.21. The summed E-state index contributed by atoms with van der Waals surface area (Å²) in [7, 11) is -1.95. The van der Waals surface area contributed by atoms with Gasteiger partial charge in [0, 0.05) is 19.6 Å². The van der Waals surface area contributed by atoms with Gasteiger partial charge in [-0.25, -0.2) is 8.42 Å². The van der Waals surface area contributed by atoms with Crippen molar-refractivity contribution in [2.24, 2.45) is 0 Å². The molecule has 0 saturated carbocycles. The van der Waals surface area contributed by atoms with Crippen molar-refractivity contribution < 1.29 is 23.1 Å². The molecule has 3 rings (SSSR count). The molecule has 0 aliphatic carbocycles. The SMILES string of the molecule is CN(CC(=O)O)CC1CN(S(=O)(=O)c2ccc3ccccc3c2)CCO1. The fourth-order valence-corrected chi connectivity index (χ4v) is 4.63. The van der Waals surface area contributed by atoms with Crippen molar-refractivity contribution in [2.45, 2.75) is 11.0 Å². The average molecular weight is 378 g/mol. The highest BCUT2D eigenvalue weighted by Crippen LogP contribution is 2.23. The normalized spacial score (nSPS) is 19.1. The summed E-state index contributed by atoms with van der Waals surface area (Å²) in [5, 5.41) is 10.7. The molecule has 7 nitrogen and oxygen atoms in total. The molecule has 1 aliphatic rings. The first-order valence-corrected chi connectivity index (χ1v) is 9.81. The third-order valence-electron chi connectivity index (χ3n) is 4.38. The number of ether oxygens (including phenoxy) is 1. The zero-order valence-electron chi connectivity index (χ0n) is 14.5. The van der Waals surface area contributed by atoms with E-state index in [9.17, 15) is 13.2 Å². The van der Waals surface area contributed by atoms with Crippen molar-refractivity contribution >= 4 is 26.8 Å². The first-order chi connectivity index (χ1) is 12.4. The zero-order chi connectivity index (χ0) is 18.7. The van der Waals surface area contributed by atoms with Gasteiger partial charge in [0.25, 0.3) is 0 Å². The van der Waals surface area contributed by atoms with E-state index in [4.69, 9.17) is 9.84 Å². The van der Waals surface area contributed by atoms with Gasteiger partial charge >= 0.3 is 5.97 Å². The van der Waals surface area contributed by atoms with Gasteiger partial charge in [0.05, 0.1) is 24.2 Å². The molecule has 0 spiro atoms. The number of hydrogen-bond donors (Lipinski definition) is 1.